The van der Waals surface area contributed by atoms with Gasteiger partial charge >= 0.3 is 6.18 Å². The van der Waals surface area contributed by atoms with Crippen molar-refractivity contribution in [3.8, 4) is 5.95 Å². The Balaban J connectivity index is 1.97. The molecule has 0 aromatic carbocycles. The number of alkyl halides is 3. The highest BCUT2D eigenvalue weighted by atomic mass is 19.4. The molecule has 1 aliphatic rings. The highest BCUT2D eigenvalue weighted by molar-refractivity contribution is 5.93. The molecular formula is C13H14F3NO4. The van der Waals surface area contributed by atoms with E-state index in [0.717, 1.165) is 6.07 Å². The first-order valence-corrected chi connectivity index (χ1v) is 6.37. The molecule has 116 valence electrons. The third-order valence-electron chi connectivity index (χ3n) is 3.13. The fourth-order valence-corrected chi connectivity index (χ4v) is 2.02. The van der Waals surface area contributed by atoms with E-state index in [-0.39, 0.29) is 42.9 Å². The lowest BCUT2D eigenvalue weighted by Crippen LogP contribution is -2.43. The van der Waals surface area contributed by atoms with Gasteiger partial charge in [-0.1, -0.05) is 6.92 Å². The van der Waals surface area contributed by atoms with E-state index in [1.807, 2.05) is 0 Å². The lowest BCUT2D eigenvalue weighted by atomic mass is 9.98. The monoisotopic (exact) mass is 305 g/mol. The van der Waals surface area contributed by atoms with Crippen LogP contribution in [0, 0.1) is 5.92 Å². The number of likely N-dealkylation sites (tertiary alicyclic amines) is 1. The predicted molar refractivity (Wildman–Crippen MR) is 64.9 cm³/mol. The van der Waals surface area contributed by atoms with Gasteiger partial charge < -0.3 is 14.1 Å². The van der Waals surface area contributed by atoms with Crippen LogP contribution in [-0.2, 0) is 4.79 Å². The molecule has 1 atom stereocenters. The number of nitrogens with zero attached hydrogens (tertiary/aromatic N) is 1. The highest BCUT2D eigenvalue weighted by Crippen LogP contribution is 2.23. The van der Waals surface area contributed by atoms with E-state index < -0.39 is 18.7 Å². The Morgan fingerprint density at radius 2 is 2.19 bits per heavy atom. The molecule has 8 heteroatoms. The van der Waals surface area contributed by atoms with Crippen molar-refractivity contribution < 1.29 is 31.9 Å². The average molecular weight is 305 g/mol. The average Bonchev–Trinajstić information content (AvgIpc) is 2.87. The van der Waals surface area contributed by atoms with Crippen LogP contribution in [0.5, 0.6) is 5.95 Å². The number of halogens is 3. The second kappa shape index (κ2) is 5.79. The fourth-order valence-electron chi connectivity index (χ4n) is 2.02. The van der Waals surface area contributed by atoms with E-state index in [1.54, 1.807) is 6.92 Å². The van der Waals surface area contributed by atoms with Gasteiger partial charge in [-0.25, -0.2) is 0 Å². The summed E-state index contributed by atoms with van der Waals surface area (Å²) in [6, 6.07) is 2.42. The van der Waals surface area contributed by atoms with Crippen LogP contribution in [-0.4, -0.2) is 42.5 Å². The van der Waals surface area contributed by atoms with Crippen molar-refractivity contribution in [3.05, 3.63) is 17.9 Å². The van der Waals surface area contributed by atoms with Crippen LogP contribution in [0.15, 0.2) is 16.5 Å². The van der Waals surface area contributed by atoms with Gasteiger partial charge in [-0.2, -0.15) is 13.2 Å². The molecule has 1 aromatic heterocycles. The van der Waals surface area contributed by atoms with Crippen molar-refractivity contribution in [1.82, 2.24) is 4.90 Å². The zero-order chi connectivity index (χ0) is 15.6. The summed E-state index contributed by atoms with van der Waals surface area (Å²) in [5.41, 5.74) is 0. The highest BCUT2D eigenvalue weighted by Gasteiger charge is 2.31. The molecule has 5 nitrogen and oxygen atoms in total. The second-order valence-corrected chi connectivity index (χ2v) is 4.89. The van der Waals surface area contributed by atoms with Gasteiger partial charge in [0.25, 0.3) is 11.9 Å². The Hall–Kier alpha value is -1.99. The van der Waals surface area contributed by atoms with E-state index in [1.165, 1.54) is 11.0 Å². The molecule has 0 spiro atoms. The van der Waals surface area contributed by atoms with Crippen LogP contribution in [0.2, 0.25) is 0 Å². The number of carbonyl (C=O) groups is 2. The topological polar surface area (TPSA) is 59.8 Å². The largest absolute Gasteiger partial charge is 0.455 e. The van der Waals surface area contributed by atoms with Crippen molar-refractivity contribution in [2.75, 3.05) is 19.7 Å². The minimum Gasteiger partial charge on any atom is -0.455 e. The van der Waals surface area contributed by atoms with Crippen molar-refractivity contribution in [1.29, 1.82) is 0 Å². The number of ether oxygens (including phenoxy) is 1. The number of hydrogen-bond acceptors (Lipinski definition) is 4. The van der Waals surface area contributed by atoms with Crippen LogP contribution < -0.4 is 4.74 Å². The van der Waals surface area contributed by atoms with Gasteiger partial charge in [0.05, 0.1) is 0 Å². The van der Waals surface area contributed by atoms with Gasteiger partial charge in [-0.3, -0.25) is 9.59 Å². The van der Waals surface area contributed by atoms with Crippen LogP contribution >= 0.6 is 0 Å². The number of piperidine rings is 1. The molecule has 2 heterocycles. The van der Waals surface area contributed by atoms with Gasteiger partial charge in [0.1, 0.15) is 5.78 Å². The Morgan fingerprint density at radius 3 is 2.81 bits per heavy atom. The van der Waals surface area contributed by atoms with Crippen molar-refractivity contribution in [2.24, 2.45) is 5.92 Å². The number of carbonyl (C=O) groups excluding carboxylic acids is 2. The zero-order valence-electron chi connectivity index (χ0n) is 11.3. The number of furan rings is 1. The zero-order valence-corrected chi connectivity index (χ0v) is 11.3. The number of rotatable bonds is 3. The number of hydrogen-bond donors (Lipinski definition) is 0. The summed E-state index contributed by atoms with van der Waals surface area (Å²) < 4.78 is 45.4. The second-order valence-electron chi connectivity index (χ2n) is 4.89. The van der Waals surface area contributed by atoms with Crippen LogP contribution in [0.25, 0.3) is 0 Å². The van der Waals surface area contributed by atoms with Crippen LogP contribution in [0.1, 0.15) is 23.9 Å². The molecule has 1 aliphatic heterocycles. The Morgan fingerprint density at radius 1 is 1.48 bits per heavy atom. The fraction of sp³-hybridized carbons (Fsp3) is 0.538. The van der Waals surface area contributed by atoms with Gasteiger partial charge in [-0.05, 0) is 6.07 Å². The summed E-state index contributed by atoms with van der Waals surface area (Å²) in [7, 11) is 0. The predicted octanol–water partition coefficient (Wildman–Crippen LogP) is 2.27. The standard InChI is InChI=1S/C13H14F3NO4/c1-8-6-17(5-4-9(8)18)12(19)10-2-3-11(21-10)20-7-13(14,15)16/h2-3,8H,4-7H2,1H3. The molecule has 1 unspecified atom stereocenters. The van der Waals surface area contributed by atoms with Crippen molar-refractivity contribution >= 4 is 11.7 Å². The number of amides is 1. The van der Waals surface area contributed by atoms with E-state index in [9.17, 15) is 22.8 Å². The Labute approximate surface area is 118 Å². The third kappa shape index (κ3) is 3.99. The molecule has 21 heavy (non-hydrogen) atoms. The summed E-state index contributed by atoms with van der Waals surface area (Å²) in [4.78, 5) is 24.9. The molecule has 1 amide bonds. The molecule has 1 saturated heterocycles. The van der Waals surface area contributed by atoms with Crippen LogP contribution in [0.3, 0.4) is 0 Å². The number of ketones is 1. The number of Topliss-reactive ketones (excluding diaryl/α,β-unsaturated/α-hetero) is 1. The maximum Gasteiger partial charge on any atom is 0.422 e. The summed E-state index contributed by atoms with van der Waals surface area (Å²) in [5.74, 6) is -1.09. The molecule has 2 rings (SSSR count). The minimum atomic E-state index is -4.47. The first kappa shape index (κ1) is 15.4. The first-order chi connectivity index (χ1) is 9.76. The minimum absolute atomic E-state index is 0.0905. The summed E-state index contributed by atoms with van der Waals surface area (Å²) >= 11 is 0. The van der Waals surface area contributed by atoms with E-state index in [4.69, 9.17) is 4.42 Å². The molecular weight excluding hydrogens is 291 g/mol. The summed E-state index contributed by atoms with van der Waals surface area (Å²) in [6.45, 7) is 0.795. The molecule has 0 aliphatic carbocycles. The van der Waals surface area contributed by atoms with E-state index >= 15 is 0 Å². The lowest BCUT2D eigenvalue weighted by molar-refractivity contribution is -0.156. The lowest BCUT2D eigenvalue weighted by Gasteiger charge is -2.29. The van der Waals surface area contributed by atoms with Gasteiger partial charge in [0.2, 0.25) is 0 Å². The van der Waals surface area contributed by atoms with Crippen LogP contribution in [0.4, 0.5) is 13.2 Å². The first-order valence-electron chi connectivity index (χ1n) is 6.37. The van der Waals surface area contributed by atoms with Gasteiger partial charge in [0.15, 0.2) is 12.4 Å². The molecule has 1 fully saturated rings. The van der Waals surface area contributed by atoms with E-state index in [0.29, 0.717) is 0 Å². The molecule has 1 aromatic rings. The van der Waals surface area contributed by atoms with Crippen molar-refractivity contribution in [2.45, 2.75) is 19.5 Å². The maximum atomic E-state index is 12.1. The summed E-state index contributed by atoms with van der Waals surface area (Å²) in [5, 5.41) is 0. The van der Waals surface area contributed by atoms with Gasteiger partial charge in [-0.15, -0.1) is 0 Å². The quantitative estimate of drug-likeness (QED) is 0.859. The molecule has 0 N–H and O–H groups in total. The molecule has 0 bridgehead atoms. The Bertz CT molecular complexity index is 538. The van der Waals surface area contributed by atoms with Crippen molar-refractivity contribution in [3.63, 3.8) is 0 Å². The SMILES string of the molecule is CC1CN(C(=O)c2ccc(OCC(F)(F)F)o2)CCC1=O. The Kier molecular flexibility index (Phi) is 4.24. The molecule has 0 saturated carbocycles. The maximum absolute atomic E-state index is 12.1. The smallest absolute Gasteiger partial charge is 0.422 e. The summed E-state index contributed by atoms with van der Waals surface area (Å²) in [6.07, 6.45) is -4.20. The molecule has 0 radical (unpaired) electrons. The third-order valence-corrected chi connectivity index (χ3v) is 3.13. The van der Waals surface area contributed by atoms with Gasteiger partial charge in [0, 0.05) is 31.5 Å². The van der Waals surface area contributed by atoms with E-state index in [2.05, 4.69) is 4.74 Å². The normalized spacial score (nSPS) is 19.7.